The first-order chi connectivity index (χ1) is 11.0. The number of aromatic amines is 1. The first kappa shape index (κ1) is 17.3. The highest BCUT2D eigenvalue weighted by Gasteiger charge is 2.15. The second kappa shape index (κ2) is 7.96. The summed E-state index contributed by atoms with van der Waals surface area (Å²) in [5.74, 6) is 0.899. The highest BCUT2D eigenvalue weighted by Crippen LogP contribution is 2.18. The smallest absolute Gasteiger partial charge is 0.251 e. The van der Waals surface area contributed by atoms with Gasteiger partial charge in [-0.15, -0.1) is 0 Å². The van der Waals surface area contributed by atoms with Gasteiger partial charge in [-0.05, 0) is 27.2 Å². The van der Waals surface area contributed by atoms with E-state index >= 15 is 0 Å². The Morgan fingerprint density at radius 1 is 1.48 bits per heavy atom. The van der Waals surface area contributed by atoms with Gasteiger partial charge in [-0.2, -0.15) is 0 Å². The number of imidazole rings is 1. The molecule has 1 amide bonds. The van der Waals surface area contributed by atoms with Gasteiger partial charge in [0.2, 0.25) is 5.91 Å². The van der Waals surface area contributed by atoms with Crippen LogP contribution in [-0.4, -0.2) is 37.2 Å². The molecule has 2 heterocycles. The Kier molecular flexibility index (Phi) is 5.97. The first-order valence-electron chi connectivity index (χ1n) is 7.46. The summed E-state index contributed by atoms with van der Waals surface area (Å²) in [6.45, 7) is 6.91. The molecule has 0 bridgehead atoms. The van der Waals surface area contributed by atoms with Crippen LogP contribution in [0.15, 0.2) is 28.4 Å². The second-order valence-corrected chi connectivity index (χ2v) is 6.59. The summed E-state index contributed by atoms with van der Waals surface area (Å²) in [6.07, 6.45) is 4.53. The van der Waals surface area contributed by atoms with Crippen LogP contribution in [0.1, 0.15) is 24.9 Å². The average Bonchev–Trinajstić information content (AvgIpc) is 2.87. The molecule has 0 aliphatic heterocycles. The summed E-state index contributed by atoms with van der Waals surface area (Å²) in [4.78, 5) is 34.5. The maximum absolute atomic E-state index is 12.1. The second-order valence-electron chi connectivity index (χ2n) is 5.26. The van der Waals surface area contributed by atoms with Gasteiger partial charge in [0.05, 0.1) is 5.25 Å². The van der Waals surface area contributed by atoms with Crippen molar-refractivity contribution in [1.82, 2.24) is 24.8 Å². The number of hydrogen-bond acceptors (Lipinski definition) is 5. The summed E-state index contributed by atoms with van der Waals surface area (Å²) in [6, 6.07) is 1.42. The molecule has 124 valence electrons. The molecule has 0 aromatic carbocycles. The van der Waals surface area contributed by atoms with E-state index in [0.717, 1.165) is 18.8 Å². The molecule has 0 spiro atoms. The summed E-state index contributed by atoms with van der Waals surface area (Å²) >= 11 is 1.24. The van der Waals surface area contributed by atoms with Gasteiger partial charge in [0, 0.05) is 37.2 Å². The van der Waals surface area contributed by atoms with E-state index in [-0.39, 0.29) is 16.7 Å². The third kappa shape index (κ3) is 5.24. The normalized spacial score (nSPS) is 12.1. The average molecular weight is 335 g/mol. The highest BCUT2D eigenvalue weighted by molar-refractivity contribution is 8.00. The van der Waals surface area contributed by atoms with Crippen molar-refractivity contribution in [3.05, 3.63) is 40.3 Å². The number of aryl methyl sites for hydroxylation is 3. The molecule has 2 aromatic heterocycles. The molecule has 0 aliphatic carbocycles. The summed E-state index contributed by atoms with van der Waals surface area (Å²) in [7, 11) is 0. The lowest BCUT2D eigenvalue weighted by atomic mass is 10.3. The lowest BCUT2D eigenvalue weighted by Crippen LogP contribution is -2.32. The van der Waals surface area contributed by atoms with Crippen molar-refractivity contribution in [2.45, 2.75) is 44.1 Å². The lowest BCUT2D eigenvalue weighted by molar-refractivity contribution is -0.120. The molecule has 0 saturated heterocycles. The van der Waals surface area contributed by atoms with Gasteiger partial charge in [0.1, 0.15) is 5.82 Å². The number of hydrogen-bond donors (Lipinski definition) is 2. The van der Waals surface area contributed by atoms with Crippen molar-refractivity contribution in [1.29, 1.82) is 0 Å². The summed E-state index contributed by atoms with van der Waals surface area (Å²) in [5, 5.41) is 3.04. The van der Waals surface area contributed by atoms with Crippen molar-refractivity contribution in [2.75, 3.05) is 6.54 Å². The fraction of sp³-hybridized carbons (Fsp3) is 0.467. The van der Waals surface area contributed by atoms with Crippen molar-refractivity contribution in [3.8, 4) is 0 Å². The molecule has 8 heteroatoms. The van der Waals surface area contributed by atoms with Crippen LogP contribution in [-0.2, 0) is 11.3 Å². The zero-order valence-corrected chi connectivity index (χ0v) is 14.3. The largest absolute Gasteiger partial charge is 0.355 e. The molecular formula is C15H21N5O2S. The maximum atomic E-state index is 12.1. The van der Waals surface area contributed by atoms with Crippen LogP contribution in [0.25, 0.3) is 0 Å². The molecular weight excluding hydrogens is 314 g/mol. The van der Waals surface area contributed by atoms with Crippen molar-refractivity contribution < 1.29 is 4.79 Å². The zero-order chi connectivity index (χ0) is 16.8. The Labute approximate surface area is 138 Å². The molecule has 0 aliphatic rings. The molecule has 23 heavy (non-hydrogen) atoms. The van der Waals surface area contributed by atoms with E-state index in [0.29, 0.717) is 17.4 Å². The van der Waals surface area contributed by atoms with Gasteiger partial charge in [-0.1, -0.05) is 11.8 Å². The van der Waals surface area contributed by atoms with Crippen LogP contribution < -0.4 is 10.9 Å². The molecule has 2 N–H and O–H groups in total. The van der Waals surface area contributed by atoms with E-state index in [1.54, 1.807) is 20.0 Å². The predicted octanol–water partition coefficient (Wildman–Crippen LogP) is 1.27. The van der Waals surface area contributed by atoms with Crippen molar-refractivity contribution in [3.63, 3.8) is 0 Å². The lowest BCUT2D eigenvalue weighted by Gasteiger charge is -2.12. The molecule has 1 atom stereocenters. The molecule has 7 nitrogen and oxygen atoms in total. The number of amides is 1. The van der Waals surface area contributed by atoms with Gasteiger partial charge >= 0.3 is 0 Å². The Morgan fingerprint density at radius 2 is 2.26 bits per heavy atom. The van der Waals surface area contributed by atoms with Crippen molar-refractivity contribution >= 4 is 17.7 Å². The molecule has 0 radical (unpaired) electrons. The number of nitrogens with one attached hydrogen (secondary N) is 2. The SMILES string of the molecule is Cc1cc(=O)[nH]c(SC(C)C(=O)NCCCn2ccnc2C)n1. The van der Waals surface area contributed by atoms with Crippen LogP contribution in [0.4, 0.5) is 0 Å². The Bertz CT molecular complexity index is 725. The number of carbonyl (C=O) groups excluding carboxylic acids is 1. The summed E-state index contributed by atoms with van der Waals surface area (Å²) < 4.78 is 2.05. The first-order valence-corrected chi connectivity index (χ1v) is 8.34. The Balaban J connectivity index is 1.76. The van der Waals surface area contributed by atoms with E-state index in [4.69, 9.17) is 0 Å². The third-order valence-electron chi connectivity index (χ3n) is 3.30. The molecule has 2 rings (SSSR count). The minimum atomic E-state index is -0.324. The minimum absolute atomic E-state index is 0.0680. The maximum Gasteiger partial charge on any atom is 0.251 e. The molecule has 2 aromatic rings. The van der Waals surface area contributed by atoms with E-state index in [1.165, 1.54) is 17.8 Å². The third-order valence-corrected chi connectivity index (χ3v) is 4.29. The van der Waals surface area contributed by atoms with Gasteiger partial charge in [0.15, 0.2) is 5.16 Å². The van der Waals surface area contributed by atoms with E-state index in [1.807, 2.05) is 17.7 Å². The molecule has 0 fully saturated rings. The highest BCUT2D eigenvalue weighted by atomic mass is 32.2. The topological polar surface area (TPSA) is 92.7 Å². The van der Waals surface area contributed by atoms with Gasteiger partial charge in [-0.3, -0.25) is 9.59 Å². The van der Waals surface area contributed by atoms with Crippen LogP contribution in [0.2, 0.25) is 0 Å². The zero-order valence-electron chi connectivity index (χ0n) is 13.5. The standard InChI is InChI=1S/C15H21N5O2S/c1-10-9-13(21)19-15(18-10)23-11(2)14(22)17-5-4-7-20-8-6-16-12(20)3/h6,8-9,11H,4-5,7H2,1-3H3,(H,17,22)(H,18,19,21). The van der Waals surface area contributed by atoms with E-state index in [9.17, 15) is 9.59 Å². The van der Waals surface area contributed by atoms with Crippen molar-refractivity contribution in [2.24, 2.45) is 0 Å². The monoisotopic (exact) mass is 335 g/mol. The number of H-pyrrole nitrogens is 1. The molecule has 1 unspecified atom stereocenters. The van der Waals surface area contributed by atoms with Crippen LogP contribution in [0, 0.1) is 13.8 Å². The number of aromatic nitrogens is 4. The van der Waals surface area contributed by atoms with Crippen LogP contribution >= 0.6 is 11.8 Å². The fourth-order valence-corrected chi connectivity index (χ4v) is 2.95. The van der Waals surface area contributed by atoms with Crippen LogP contribution in [0.5, 0.6) is 0 Å². The number of thioether (sulfide) groups is 1. The number of carbonyl (C=O) groups is 1. The number of nitrogens with zero attached hydrogens (tertiary/aromatic N) is 3. The summed E-state index contributed by atoms with van der Waals surface area (Å²) in [5.41, 5.74) is 0.433. The van der Waals surface area contributed by atoms with Gasteiger partial charge < -0.3 is 14.9 Å². The quantitative estimate of drug-likeness (QED) is 0.451. The fourth-order valence-electron chi connectivity index (χ4n) is 2.07. The Hall–Kier alpha value is -2.09. The molecule has 0 saturated carbocycles. The minimum Gasteiger partial charge on any atom is -0.355 e. The number of rotatable bonds is 7. The van der Waals surface area contributed by atoms with E-state index in [2.05, 4.69) is 20.3 Å². The predicted molar refractivity (Wildman–Crippen MR) is 89.5 cm³/mol. The van der Waals surface area contributed by atoms with E-state index < -0.39 is 0 Å². The van der Waals surface area contributed by atoms with Gasteiger partial charge in [-0.25, -0.2) is 9.97 Å². The Morgan fingerprint density at radius 3 is 2.91 bits per heavy atom. The van der Waals surface area contributed by atoms with Crippen LogP contribution in [0.3, 0.4) is 0 Å². The van der Waals surface area contributed by atoms with Gasteiger partial charge in [0.25, 0.3) is 5.56 Å².